The van der Waals surface area contributed by atoms with Crippen LogP contribution in [0.3, 0.4) is 0 Å². The largest absolute Gasteiger partial charge is 0.444 e. The quantitative estimate of drug-likeness (QED) is 0.354. The molecule has 0 aromatic heterocycles. The second kappa shape index (κ2) is 11.6. The van der Waals surface area contributed by atoms with E-state index >= 15 is 0 Å². The molecule has 0 fully saturated rings. The first-order valence-corrected chi connectivity index (χ1v) is 12.6. The van der Waals surface area contributed by atoms with E-state index in [4.69, 9.17) is 9.47 Å². The Kier molecular flexibility index (Phi) is 8.64. The van der Waals surface area contributed by atoms with Crippen molar-refractivity contribution in [3.8, 4) is 0 Å². The van der Waals surface area contributed by atoms with Crippen LogP contribution in [0.25, 0.3) is 0 Å². The molecule has 2 amide bonds. The molecule has 3 rings (SSSR count). The van der Waals surface area contributed by atoms with Crippen LogP contribution in [-0.4, -0.2) is 34.9 Å². The molecule has 0 saturated carbocycles. The van der Waals surface area contributed by atoms with Crippen LogP contribution in [-0.2, 0) is 14.3 Å². The fourth-order valence-corrected chi connectivity index (χ4v) is 3.55. The van der Waals surface area contributed by atoms with Gasteiger partial charge < -0.3 is 14.8 Å². The Labute approximate surface area is 229 Å². The fraction of sp³-hybridized carbons (Fsp3) is 0.333. The number of hydrogen-bond donors (Lipinski definition) is 3. The summed E-state index contributed by atoms with van der Waals surface area (Å²) in [4.78, 5) is 42.5. The van der Waals surface area contributed by atoms with E-state index in [0.717, 1.165) is 11.3 Å². The Morgan fingerprint density at radius 1 is 0.795 bits per heavy atom. The van der Waals surface area contributed by atoms with Gasteiger partial charge in [-0.3, -0.25) is 15.4 Å². The zero-order chi connectivity index (χ0) is 29.0. The minimum atomic E-state index is -0.669. The summed E-state index contributed by atoms with van der Waals surface area (Å²) in [5, 5.41) is 8.73. The number of anilines is 3. The molecule has 206 valence electrons. The van der Waals surface area contributed by atoms with E-state index < -0.39 is 23.4 Å². The summed E-state index contributed by atoms with van der Waals surface area (Å²) in [5.41, 5.74) is 2.71. The molecular formula is C30H36N4O5. The normalized spacial score (nSPS) is 14.8. The number of carbonyl (C=O) groups is 3. The number of benzene rings is 2. The van der Waals surface area contributed by atoms with Crippen molar-refractivity contribution in [2.45, 2.75) is 66.6 Å². The molecule has 0 bridgehead atoms. The standard InChI is InChI=1S/C30H36N4O5/c1-18-16-24(32-22-15-14-21(19(2)26(22)35)33-27(36)38-29(3,4)5)25(31-20-12-10-9-11-13-20)17-23(18)34-28(37)39-30(6,7)8/h9-17,31H,1-8H3,(H,33,36)(H,34,37)/b32-22-. The van der Waals surface area contributed by atoms with Crippen LogP contribution >= 0.6 is 0 Å². The van der Waals surface area contributed by atoms with Crippen molar-refractivity contribution < 1.29 is 23.9 Å². The summed E-state index contributed by atoms with van der Waals surface area (Å²) in [6.07, 6.45) is 1.95. The fourth-order valence-electron chi connectivity index (χ4n) is 3.55. The van der Waals surface area contributed by atoms with Crippen LogP contribution < -0.4 is 16.0 Å². The van der Waals surface area contributed by atoms with Gasteiger partial charge in [-0.15, -0.1) is 0 Å². The molecule has 0 unspecified atom stereocenters. The lowest BCUT2D eigenvalue weighted by molar-refractivity contribution is -0.109. The van der Waals surface area contributed by atoms with Crippen molar-refractivity contribution in [2.24, 2.45) is 4.99 Å². The molecule has 3 N–H and O–H groups in total. The summed E-state index contributed by atoms with van der Waals surface area (Å²) in [7, 11) is 0. The van der Waals surface area contributed by atoms with Crippen molar-refractivity contribution in [3.63, 3.8) is 0 Å². The number of Topliss-reactive ketones (excluding diaryl/α,β-unsaturated/α-hetero) is 1. The van der Waals surface area contributed by atoms with Crippen LogP contribution in [0.5, 0.6) is 0 Å². The average molecular weight is 533 g/mol. The summed E-state index contributed by atoms with van der Waals surface area (Å²) < 4.78 is 10.7. The Morgan fingerprint density at radius 3 is 1.97 bits per heavy atom. The van der Waals surface area contributed by atoms with Crippen molar-refractivity contribution in [1.29, 1.82) is 0 Å². The molecule has 1 aliphatic rings. The predicted molar refractivity (Wildman–Crippen MR) is 154 cm³/mol. The molecule has 9 nitrogen and oxygen atoms in total. The van der Waals surface area contributed by atoms with E-state index in [1.165, 1.54) is 0 Å². The Balaban J connectivity index is 1.94. The molecule has 2 aromatic carbocycles. The van der Waals surface area contributed by atoms with E-state index in [1.807, 2.05) is 37.3 Å². The van der Waals surface area contributed by atoms with Gasteiger partial charge in [0.2, 0.25) is 5.78 Å². The van der Waals surface area contributed by atoms with Gasteiger partial charge in [0.1, 0.15) is 16.9 Å². The first kappa shape index (κ1) is 29.2. The summed E-state index contributed by atoms with van der Waals surface area (Å²) >= 11 is 0. The van der Waals surface area contributed by atoms with Gasteiger partial charge in [0, 0.05) is 16.9 Å². The summed E-state index contributed by atoms with van der Waals surface area (Å²) in [6, 6.07) is 13.0. The van der Waals surface area contributed by atoms with Crippen LogP contribution in [0.2, 0.25) is 0 Å². The van der Waals surface area contributed by atoms with E-state index in [2.05, 4.69) is 20.9 Å². The number of nitrogens with zero attached hydrogens (tertiary/aromatic N) is 1. The van der Waals surface area contributed by atoms with Crippen LogP contribution in [0.4, 0.5) is 32.3 Å². The van der Waals surface area contributed by atoms with E-state index in [0.29, 0.717) is 28.3 Å². The minimum Gasteiger partial charge on any atom is -0.444 e. The van der Waals surface area contributed by atoms with Crippen LogP contribution in [0.15, 0.2) is 70.9 Å². The van der Waals surface area contributed by atoms with E-state index in [-0.39, 0.29) is 11.5 Å². The predicted octanol–water partition coefficient (Wildman–Crippen LogP) is 7.10. The second-order valence-corrected chi connectivity index (χ2v) is 11.1. The number of carbonyl (C=O) groups excluding carboxylic acids is 3. The van der Waals surface area contributed by atoms with Crippen molar-refractivity contribution in [1.82, 2.24) is 5.32 Å². The number of ketones is 1. The highest BCUT2D eigenvalue weighted by Gasteiger charge is 2.24. The molecule has 0 atom stereocenters. The zero-order valence-corrected chi connectivity index (χ0v) is 23.7. The minimum absolute atomic E-state index is 0.200. The number of hydrogen-bond acceptors (Lipinski definition) is 7. The molecule has 1 aliphatic carbocycles. The van der Waals surface area contributed by atoms with Gasteiger partial charge in [0.05, 0.1) is 17.1 Å². The van der Waals surface area contributed by atoms with Gasteiger partial charge in [0.25, 0.3) is 0 Å². The van der Waals surface area contributed by atoms with E-state index in [9.17, 15) is 14.4 Å². The Hall–Kier alpha value is -4.40. The molecular weight excluding hydrogens is 496 g/mol. The number of aryl methyl sites for hydroxylation is 1. The lowest BCUT2D eigenvalue weighted by Gasteiger charge is -2.21. The number of alkyl carbamates (subject to hydrolysis) is 1. The highest BCUT2D eigenvalue weighted by atomic mass is 16.6. The Bertz CT molecular complexity index is 1360. The first-order chi connectivity index (χ1) is 18.1. The van der Waals surface area contributed by atoms with Gasteiger partial charge in [-0.05, 0) is 97.4 Å². The SMILES string of the molecule is CC1=C(NC(=O)OC(C)(C)C)C=C/C(=N/c2cc(C)c(NC(=O)OC(C)(C)C)cc2Nc2ccccc2)C1=O. The molecule has 0 radical (unpaired) electrons. The maximum Gasteiger partial charge on any atom is 0.412 e. The number of allylic oxidation sites excluding steroid dienone is 3. The topological polar surface area (TPSA) is 118 Å². The number of amides is 2. The lowest BCUT2D eigenvalue weighted by Crippen LogP contribution is -2.34. The van der Waals surface area contributed by atoms with Gasteiger partial charge in [-0.2, -0.15) is 0 Å². The molecule has 0 aliphatic heterocycles. The zero-order valence-electron chi connectivity index (χ0n) is 23.7. The van der Waals surface area contributed by atoms with Crippen molar-refractivity contribution >= 4 is 46.4 Å². The highest BCUT2D eigenvalue weighted by molar-refractivity contribution is 6.51. The number of nitrogens with one attached hydrogen (secondary N) is 3. The van der Waals surface area contributed by atoms with Gasteiger partial charge in [-0.25, -0.2) is 14.6 Å². The van der Waals surface area contributed by atoms with Gasteiger partial charge >= 0.3 is 12.2 Å². The third-order valence-corrected chi connectivity index (χ3v) is 5.29. The van der Waals surface area contributed by atoms with E-state index in [1.54, 1.807) is 72.8 Å². The second-order valence-electron chi connectivity index (χ2n) is 11.1. The summed E-state index contributed by atoms with van der Waals surface area (Å²) in [6.45, 7) is 14.1. The number of aliphatic imine (C=N–C) groups is 1. The molecule has 0 heterocycles. The molecule has 9 heteroatoms. The third kappa shape index (κ3) is 8.56. The molecule has 2 aromatic rings. The average Bonchev–Trinajstić information content (AvgIpc) is 2.80. The maximum absolute atomic E-state index is 13.2. The summed E-state index contributed by atoms with van der Waals surface area (Å²) in [5.74, 6) is -0.331. The smallest absolute Gasteiger partial charge is 0.412 e. The third-order valence-electron chi connectivity index (χ3n) is 5.29. The molecule has 0 spiro atoms. The Morgan fingerprint density at radius 2 is 1.38 bits per heavy atom. The lowest BCUT2D eigenvalue weighted by atomic mass is 10.00. The number of ether oxygens (including phenoxy) is 2. The number of rotatable bonds is 5. The van der Waals surface area contributed by atoms with Crippen LogP contribution in [0.1, 0.15) is 54.0 Å². The monoisotopic (exact) mass is 532 g/mol. The van der Waals surface area contributed by atoms with Gasteiger partial charge in [-0.1, -0.05) is 18.2 Å². The highest BCUT2D eigenvalue weighted by Crippen LogP contribution is 2.35. The van der Waals surface area contributed by atoms with Crippen molar-refractivity contribution in [3.05, 3.63) is 71.5 Å². The molecule has 39 heavy (non-hydrogen) atoms. The van der Waals surface area contributed by atoms with Crippen molar-refractivity contribution in [2.75, 3.05) is 10.6 Å². The first-order valence-electron chi connectivity index (χ1n) is 12.6. The number of para-hydroxylation sites is 1. The molecule has 0 saturated heterocycles. The maximum atomic E-state index is 13.2. The van der Waals surface area contributed by atoms with Gasteiger partial charge in [0.15, 0.2) is 0 Å². The van der Waals surface area contributed by atoms with Crippen LogP contribution in [0, 0.1) is 6.92 Å².